The fourth-order valence-corrected chi connectivity index (χ4v) is 4.66. The van der Waals surface area contributed by atoms with Crippen LogP contribution in [0.15, 0.2) is 28.4 Å². The molecular weight excluding hydrogens is 422 g/mol. The van der Waals surface area contributed by atoms with Crippen molar-refractivity contribution in [2.45, 2.75) is 60.2 Å². The third-order valence-corrected chi connectivity index (χ3v) is 6.34. The van der Waals surface area contributed by atoms with E-state index in [1.165, 1.54) is 11.3 Å². The maximum Gasteiger partial charge on any atom is 0.260 e. The second-order valence-corrected chi connectivity index (χ2v) is 10.1. The molecule has 3 rings (SSSR count). The van der Waals surface area contributed by atoms with Gasteiger partial charge in [-0.15, -0.1) is 11.3 Å². The summed E-state index contributed by atoms with van der Waals surface area (Å²) in [4.78, 5) is 23.6. The number of H-pyrrole nitrogens is 1. The van der Waals surface area contributed by atoms with Crippen LogP contribution in [-0.2, 0) is 11.3 Å². The number of nitrogens with zero attached hydrogens (tertiary/aromatic N) is 2. The van der Waals surface area contributed by atoms with E-state index in [2.05, 4.69) is 69.6 Å². The topological polar surface area (TPSA) is 78.5 Å². The maximum atomic E-state index is 13.1. The van der Waals surface area contributed by atoms with Gasteiger partial charge in [0.2, 0.25) is 0 Å². The fraction of sp³-hybridized carbons (Fsp3) is 0.520. The number of hydrogen-bond donors (Lipinski definition) is 2. The van der Waals surface area contributed by atoms with E-state index < -0.39 is 6.10 Å². The van der Waals surface area contributed by atoms with Crippen molar-refractivity contribution in [1.82, 2.24) is 14.9 Å². The van der Waals surface area contributed by atoms with Crippen molar-refractivity contribution < 1.29 is 9.84 Å². The molecule has 0 aliphatic heterocycles. The van der Waals surface area contributed by atoms with Gasteiger partial charge in [-0.3, -0.25) is 9.69 Å². The number of thiophene rings is 1. The van der Waals surface area contributed by atoms with Crippen molar-refractivity contribution in [1.29, 1.82) is 0 Å². The van der Waals surface area contributed by atoms with Crippen molar-refractivity contribution in [2.75, 3.05) is 19.8 Å². The Morgan fingerprint density at radius 3 is 2.59 bits per heavy atom. The lowest BCUT2D eigenvalue weighted by Gasteiger charge is -2.28. The van der Waals surface area contributed by atoms with Gasteiger partial charge in [-0.2, -0.15) is 0 Å². The molecule has 2 heterocycles. The predicted octanol–water partition coefficient (Wildman–Crippen LogP) is 4.51. The normalized spacial score (nSPS) is 13.1. The molecule has 0 amide bonds. The van der Waals surface area contributed by atoms with Crippen LogP contribution in [-0.4, -0.2) is 51.9 Å². The van der Waals surface area contributed by atoms with Crippen LogP contribution < -0.4 is 5.56 Å². The molecule has 0 aliphatic rings. The highest BCUT2D eigenvalue weighted by atomic mass is 32.1. The predicted molar refractivity (Wildman–Crippen MR) is 132 cm³/mol. The van der Waals surface area contributed by atoms with Crippen LogP contribution >= 0.6 is 11.3 Å². The number of aromatic nitrogens is 2. The van der Waals surface area contributed by atoms with E-state index in [1.54, 1.807) is 0 Å². The summed E-state index contributed by atoms with van der Waals surface area (Å²) < 4.78 is 5.58. The fourth-order valence-electron chi connectivity index (χ4n) is 3.71. The number of ether oxygens (including phenoxy) is 1. The van der Waals surface area contributed by atoms with Gasteiger partial charge in [0.05, 0.1) is 24.6 Å². The summed E-state index contributed by atoms with van der Waals surface area (Å²) >= 11 is 1.50. The lowest BCUT2D eigenvalue weighted by atomic mass is 9.99. The zero-order valence-electron chi connectivity index (χ0n) is 19.9. The van der Waals surface area contributed by atoms with Crippen molar-refractivity contribution >= 4 is 21.6 Å². The van der Waals surface area contributed by atoms with Crippen LogP contribution in [0.2, 0.25) is 0 Å². The van der Waals surface area contributed by atoms with Gasteiger partial charge in [0.25, 0.3) is 5.56 Å². The minimum atomic E-state index is -0.593. The smallest absolute Gasteiger partial charge is 0.260 e. The summed E-state index contributed by atoms with van der Waals surface area (Å²) in [6, 6.07) is 6.47. The van der Waals surface area contributed by atoms with Gasteiger partial charge in [-0.1, -0.05) is 37.6 Å². The molecule has 2 aromatic heterocycles. The molecule has 0 spiro atoms. The number of aliphatic hydroxyl groups is 1. The molecule has 0 unspecified atom stereocenters. The number of hydrogen-bond acceptors (Lipinski definition) is 6. The van der Waals surface area contributed by atoms with Gasteiger partial charge in [-0.25, -0.2) is 4.98 Å². The summed E-state index contributed by atoms with van der Waals surface area (Å²) in [7, 11) is 0. The van der Waals surface area contributed by atoms with Gasteiger partial charge in [-0.05, 0) is 44.7 Å². The van der Waals surface area contributed by atoms with Crippen LogP contribution in [0.5, 0.6) is 0 Å². The van der Waals surface area contributed by atoms with E-state index in [-0.39, 0.29) is 11.6 Å². The first-order valence-electron chi connectivity index (χ1n) is 11.2. The molecular formula is C25H35N3O3S. The Hall–Kier alpha value is -2.06. The minimum Gasteiger partial charge on any atom is -0.389 e. The van der Waals surface area contributed by atoms with E-state index in [0.717, 1.165) is 27.1 Å². The van der Waals surface area contributed by atoms with E-state index >= 15 is 0 Å². The number of fused-ring (bicyclic) bond motifs is 1. The average molecular weight is 458 g/mol. The molecule has 174 valence electrons. The summed E-state index contributed by atoms with van der Waals surface area (Å²) in [6.07, 6.45) is -0.593. The van der Waals surface area contributed by atoms with Crippen molar-refractivity contribution in [2.24, 2.45) is 5.92 Å². The summed E-state index contributed by atoms with van der Waals surface area (Å²) in [6.45, 7) is 14.3. The monoisotopic (exact) mass is 457 g/mol. The van der Waals surface area contributed by atoms with E-state index in [0.29, 0.717) is 43.4 Å². The SMILES string of the molecule is Cc1ccc(C)c(-c2csc3nc(CN(C[C@@H](O)COCC(C)C)C(C)C)[nH]c(=O)c23)c1. The highest BCUT2D eigenvalue weighted by Gasteiger charge is 2.19. The average Bonchev–Trinajstić information content (AvgIpc) is 3.13. The number of aromatic amines is 1. The third-order valence-electron chi connectivity index (χ3n) is 5.47. The van der Waals surface area contributed by atoms with Crippen LogP contribution in [0.1, 0.15) is 44.6 Å². The first-order chi connectivity index (χ1) is 15.2. The Balaban J connectivity index is 1.82. The summed E-state index contributed by atoms with van der Waals surface area (Å²) in [5, 5.41) is 13.1. The van der Waals surface area contributed by atoms with Crippen LogP contribution in [0.3, 0.4) is 0 Å². The van der Waals surface area contributed by atoms with Gasteiger partial charge < -0.3 is 14.8 Å². The molecule has 0 fully saturated rings. The molecule has 7 heteroatoms. The number of benzene rings is 1. The molecule has 0 aliphatic carbocycles. The largest absolute Gasteiger partial charge is 0.389 e. The van der Waals surface area contributed by atoms with E-state index in [9.17, 15) is 9.90 Å². The maximum absolute atomic E-state index is 13.1. The Labute approximate surface area is 194 Å². The zero-order valence-corrected chi connectivity index (χ0v) is 20.8. The molecule has 32 heavy (non-hydrogen) atoms. The quantitative estimate of drug-likeness (QED) is 0.468. The third kappa shape index (κ3) is 6.04. The summed E-state index contributed by atoms with van der Waals surface area (Å²) in [5.41, 5.74) is 4.19. The lowest BCUT2D eigenvalue weighted by molar-refractivity contribution is 0.00129. The highest BCUT2D eigenvalue weighted by molar-refractivity contribution is 7.17. The second kappa shape index (κ2) is 10.7. The Kier molecular flexibility index (Phi) is 8.22. The van der Waals surface area contributed by atoms with Gasteiger partial charge in [0.1, 0.15) is 10.7 Å². The van der Waals surface area contributed by atoms with Gasteiger partial charge in [0.15, 0.2) is 0 Å². The van der Waals surface area contributed by atoms with Gasteiger partial charge in [0, 0.05) is 30.1 Å². The number of aliphatic hydroxyl groups excluding tert-OH is 1. The van der Waals surface area contributed by atoms with Crippen LogP contribution in [0.4, 0.5) is 0 Å². The zero-order chi connectivity index (χ0) is 23.4. The molecule has 0 radical (unpaired) electrons. The van der Waals surface area contributed by atoms with Crippen molar-refractivity contribution in [3.05, 3.63) is 50.9 Å². The summed E-state index contributed by atoms with van der Waals surface area (Å²) in [5.74, 6) is 1.05. The number of nitrogens with one attached hydrogen (secondary N) is 1. The molecule has 3 aromatic rings. The molecule has 0 saturated heterocycles. The Morgan fingerprint density at radius 1 is 1.16 bits per heavy atom. The van der Waals surface area contributed by atoms with Crippen molar-refractivity contribution in [3.63, 3.8) is 0 Å². The number of aryl methyl sites for hydroxylation is 2. The van der Waals surface area contributed by atoms with E-state index in [4.69, 9.17) is 9.72 Å². The highest BCUT2D eigenvalue weighted by Crippen LogP contribution is 2.33. The Morgan fingerprint density at radius 2 is 1.91 bits per heavy atom. The molecule has 6 nitrogen and oxygen atoms in total. The van der Waals surface area contributed by atoms with Crippen molar-refractivity contribution in [3.8, 4) is 11.1 Å². The minimum absolute atomic E-state index is 0.119. The van der Waals surface area contributed by atoms with Gasteiger partial charge >= 0.3 is 0 Å². The van der Waals surface area contributed by atoms with E-state index in [1.807, 2.05) is 5.38 Å². The Bertz CT molecular complexity index is 1100. The first-order valence-corrected chi connectivity index (χ1v) is 12.1. The molecule has 1 aromatic carbocycles. The standard InChI is InChI=1S/C25H35N3O3S/c1-15(2)12-31-13-19(29)10-28(16(3)4)11-22-26-24(30)23-21(14-32-25(23)27-22)20-9-17(5)7-8-18(20)6/h7-9,14-16,19,29H,10-13H2,1-6H3,(H,26,27,30)/t19-/m1/s1. The lowest BCUT2D eigenvalue weighted by Crippen LogP contribution is -2.39. The second-order valence-electron chi connectivity index (χ2n) is 9.27. The van der Waals surface area contributed by atoms with Crippen LogP contribution in [0.25, 0.3) is 21.3 Å². The number of rotatable bonds is 10. The molecule has 1 atom stereocenters. The molecule has 0 saturated carbocycles. The molecule has 2 N–H and O–H groups in total. The first kappa shape index (κ1) is 24.6. The van der Waals surface area contributed by atoms with Crippen LogP contribution in [0, 0.1) is 19.8 Å². The molecule has 0 bridgehead atoms.